The maximum Gasteiger partial charge on any atom is 0.417 e. The van der Waals surface area contributed by atoms with E-state index in [2.05, 4.69) is 4.98 Å². The third-order valence-electron chi connectivity index (χ3n) is 4.84. The van der Waals surface area contributed by atoms with Crippen LogP contribution in [0.1, 0.15) is 11.1 Å². The Bertz CT molecular complexity index is 1330. The molecule has 0 spiro atoms. The van der Waals surface area contributed by atoms with Gasteiger partial charge >= 0.3 is 24.1 Å². The third-order valence-corrected chi connectivity index (χ3v) is 5.89. The Balaban J connectivity index is 2.09. The van der Waals surface area contributed by atoms with Crippen molar-refractivity contribution in [1.29, 1.82) is 0 Å². The fraction of sp³-hybridized carbons (Fsp3) is 0.120. The van der Waals surface area contributed by atoms with Gasteiger partial charge in [-0.05, 0) is 54.1 Å². The van der Waals surface area contributed by atoms with Gasteiger partial charge in [-0.15, -0.1) is 0 Å². The average Bonchev–Trinajstić information content (AvgIpc) is 3.10. The molecule has 1 aliphatic rings. The van der Waals surface area contributed by atoms with Crippen molar-refractivity contribution in [3.63, 3.8) is 0 Å². The van der Waals surface area contributed by atoms with Crippen LogP contribution in [0, 0.1) is 0 Å². The molecule has 1 N–H and O–H groups in total. The number of allylic oxidation sites excluding steroid dienone is 2. The Labute approximate surface area is 213 Å². The number of methoxy groups -OCH3 is 2. The van der Waals surface area contributed by atoms with Gasteiger partial charge < -0.3 is 19.5 Å². The van der Waals surface area contributed by atoms with E-state index in [-0.39, 0.29) is 16.3 Å². The molecule has 37 heavy (non-hydrogen) atoms. The second kappa shape index (κ2) is 11.6. The van der Waals surface area contributed by atoms with Crippen molar-refractivity contribution in [2.45, 2.75) is 16.1 Å². The lowest BCUT2D eigenvalue weighted by molar-refractivity contribution is -0.139. The van der Waals surface area contributed by atoms with E-state index in [4.69, 9.17) is 14.6 Å². The predicted octanol–water partition coefficient (Wildman–Crippen LogP) is 4.84. The van der Waals surface area contributed by atoms with E-state index < -0.39 is 29.6 Å². The van der Waals surface area contributed by atoms with Crippen LogP contribution in [0.4, 0.5) is 18.9 Å². The zero-order valence-electron chi connectivity index (χ0n) is 19.4. The molecule has 1 aromatic heterocycles. The molecule has 0 saturated heterocycles. The first-order valence-corrected chi connectivity index (χ1v) is 11.2. The lowest BCUT2D eigenvalue weighted by Gasteiger charge is -2.24. The molecule has 0 bridgehead atoms. The summed E-state index contributed by atoms with van der Waals surface area (Å²) in [6, 6.07) is 6.81. The smallest absolute Gasteiger partial charge is 0.417 e. The zero-order valence-corrected chi connectivity index (χ0v) is 20.2. The van der Waals surface area contributed by atoms with Crippen LogP contribution in [-0.4, -0.2) is 42.2 Å². The summed E-state index contributed by atoms with van der Waals surface area (Å²) in [6.45, 7) is 0. The number of carboxylic acids is 1. The Morgan fingerprint density at radius 1 is 1.05 bits per heavy atom. The van der Waals surface area contributed by atoms with Crippen LogP contribution >= 0.6 is 11.8 Å². The second-order valence-electron chi connectivity index (χ2n) is 7.19. The zero-order chi connectivity index (χ0) is 27.2. The number of carbonyl (C=O) groups is 3. The molecule has 0 aliphatic carbocycles. The molecule has 0 atom stereocenters. The summed E-state index contributed by atoms with van der Waals surface area (Å²) in [5, 5.41) is 9.37. The van der Waals surface area contributed by atoms with Crippen LogP contribution in [0.3, 0.4) is 0 Å². The summed E-state index contributed by atoms with van der Waals surface area (Å²) in [6.07, 6.45) is 4.35. The van der Waals surface area contributed by atoms with Gasteiger partial charge in [0.1, 0.15) is 10.7 Å². The highest BCUT2D eigenvalue weighted by Crippen LogP contribution is 2.36. The van der Waals surface area contributed by atoms with Crippen LogP contribution in [-0.2, 0) is 30.0 Å². The van der Waals surface area contributed by atoms with E-state index in [0.29, 0.717) is 22.3 Å². The van der Waals surface area contributed by atoms with Gasteiger partial charge in [-0.2, -0.15) is 13.2 Å². The molecule has 0 fully saturated rings. The van der Waals surface area contributed by atoms with E-state index in [1.54, 1.807) is 24.3 Å². The molecular formula is C25H19F3N2O6S. The van der Waals surface area contributed by atoms with E-state index >= 15 is 0 Å². The number of aliphatic carboxylic acids is 1. The number of ether oxygens (including phenoxy) is 2. The number of nitrogens with zero attached hydrogens (tertiary/aromatic N) is 2. The van der Waals surface area contributed by atoms with E-state index in [1.807, 2.05) is 0 Å². The largest absolute Gasteiger partial charge is 0.478 e. The highest BCUT2D eigenvalue weighted by molar-refractivity contribution is 7.99. The van der Waals surface area contributed by atoms with Crippen molar-refractivity contribution in [2.75, 3.05) is 19.1 Å². The van der Waals surface area contributed by atoms with Crippen LogP contribution < -0.4 is 4.90 Å². The number of benzene rings is 1. The van der Waals surface area contributed by atoms with Gasteiger partial charge in [-0.25, -0.2) is 19.4 Å². The third kappa shape index (κ3) is 6.67. The topological polar surface area (TPSA) is 106 Å². The van der Waals surface area contributed by atoms with Gasteiger partial charge in [0.2, 0.25) is 0 Å². The van der Waals surface area contributed by atoms with Crippen molar-refractivity contribution in [3.8, 4) is 0 Å². The fourth-order valence-electron chi connectivity index (χ4n) is 3.16. The molecule has 8 nitrogen and oxygen atoms in total. The standard InChI is InChI=1S/C25H19F3N2O6S/c1-35-23(33)18-5-3-4-12-30(22(18)24(34)36-2)17-8-9-19(15(13-17)6-11-21(31)32)37-20-10-7-16(14-29-20)25(26,27)28/h3-14H,1-2H3,(H,31,32). The first-order chi connectivity index (χ1) is 17.5. The second-order valence-corrected chi connectivity index (χ2v) is 8.26. The van der Waals surface area contributed by atoms with Crippen molar-refractivity contribution >= 4 is 41.4 Å². The Morgan fingerprint density at radius 2 is 1.78 bits per heavy atom. The van der Waals surface area contributed by atoms with Gasteiger partial charge in [0, 0.05) is 29.1 Å². The summed E-state index contributed by atoms with van der Waals surface area (Å²) in [5.41, 5.74) is -0.396. The van der Waals surface area contributed by atoms with E-state index in [1.165, 1.54) is 35.4 Å². The number of esters is 2. The number of pyridine rings is 1. The number of carbonyl (C=O) groups excluding carboxylic acids is 2. The van der Waals surface area contributed by atoms with Gasteiger partial charge in [-0.3, -0.25) is 0 Å². The van der Waals surface area contributed by atoms with Gasteiger partial charge in [-0.1, -0.05) is 17.8 Å². The van der Waals surface area contributed by atoms with Crippen LogP contribution in [0.2, 0.25) is 0 Å². The van der Waals surface area contributed by atoms with Crippen LogP contribution in [0.5, 0.6) is 0 Å². The maximum absolute atomic E-state index is 12.9. The maximum atomic E-state index is 12.9. The number of aromatic nitrogens is 1. The molecule has 1 aromatic carbocycles. The molecule has 192 valence electrons. The van der Waals surface area contributed by atoms with Crippen LogP contribution in [0.15, 0.2) is 88.2 Å². The Morgan fingerprint density at radius 3 is 2.38 bits per heavy atom. The lowest BCUT2D eigenvalue weighted by Crippen LogP contribution is -2.27. The average molecular weight is 532 g/mol. The van der Waals surface area contributed by atoms with E-state index in [0.717, 1.165) is 38.1 Å². The number of hydrogen-bond acceptors (Lipinski definition) is 8. The number of anilines is 1. The highest BCUT2D eigenvalue weighted by Gasteiger charge is 2.31. The lowest BCUT2D eigenvalue weighted by atomic mass is 10.1. The molecule has 0 amide bonds. The summed E-state index contributed by atoms with van der Waals surface area (Å²) in [4.78, 5) is 41.9. The minimum absolute atomic E-state index is 0.0746. The molecule has 0 saturated carbocycles. The first-order valence-electron chi connectivity index (χ1n) is 10.4. The molecule has 2 heterocycles. The molecule has 0 unspecified atom stereocenters. The van der Waals surface area contributed by atoms with E-state index in [9.17, 15) is 27.6 Å². The van der Waals surface area contributed by atoms with Crippen molar-refractivity contribution in [2.24, 2.45) is 0 Å². The van der Waals surface area contributed by atoms with Gasteiger partial charge in [0.25, 0.3) is 0 Å². The number of rotatable bonds is 7. The number of carboxylic acid groups (broad SMARTS) is 1. The van der Waals surface area contributed by atoms with Gasteiger partial charge in [0.15, 0.2) is 0 Å². The summed E-state index contributed by atoms with van der Waals surface area (Å²) in [5.74, 6) is -2.83. The van der Waals surface area contributed by atoms with Crippen molar-refractivity contribution in [3.05, 3.63) is 89.4 Å². The predicted molar refractivity (Wildman–Crippen MR) is 128 cm³/mol. The summed E-state index contributed by atoms with van der Waals surface area (Å²) < 4.78 is 48.2. The molecule has 3 rings (SSSR count). The number of alkyl halides is 3. The molecule has 12 heteroatoms. The molecule has 1 aliphatic heterocycles. The normalized spacial score (nSPS) is 13.6. The minimum atomic E-state index is -4.53. The monoisotopic (exact) mass is 532 g/mol. The Kier molecular flexibility index (Phi) is 8.56. The first kappa shape index (κ1) is 27.3. The summed E-state index contributed by atoms with van der Waals surface area (Å²) >= 11 is 1.02. The minimum Gasteiger partial charge on any atom is -0.478 e. The van der Waals surface area contributed by atoms with Crippen molar-refractivity contribution < 1.29 is 42.1 Å². The van der Waals surface area contributed by atoms with Gasteiger partial charge in [0.05, 0.1) is 25.4 Å². The fourth-order valence-corrected chi connectivity index (χ4v) is 4.00. The van der Waals surface area contributed by atoms with Crippen molar-refractivity contribution in [1.82, 2.24) is 4.98 Å². The molecule has 0 radical (unpaired) electrons. The molecule has 2 aromatic rings. The summed E-state index contributed by atoms with van der Waals surface area (Å²) in [7, 11) is 2.31. The number of hydrogen-bond donors (Lipinski definition) is 1. The highest BCUT2D eigenvalue weighted by atomic mass is 32.2. The molecular weight excluding hydrogens is 513 g/mol. The quantitative estimate of drug-likeness (QED) is 0.396. The van der Waals surface area contributed by atoms with Crippen LogP contribution in [0.25, 0.3) is 6.08 Å². The number of halogens is 3. The Hall–Kier alpha value is -4.32. The SMILES string of the molecule is COC(=O)C1=C(C(=O)OC)N(c2ccc(Sc3ccc(C(F)(F)F)cn3)c(C=CC(=O)O)c2)C=CC=C1.